The van der Waals surface area contributed by atoms with Gasteiger partial charge in [0, 0.05) is 5.69 Å². The molecule has 4 nitrogen and oxygen atoms in total. The van der Waals surface area contributed by atoms with Crippen LogP contribution >= 0.6 is 0 Å². The van der Waals surface area contributed by atoms with Gasteiger partial charge in [0.1, 0.15) is 7.85 Å². The van der Waals surface area contributed by atoms with Crippen LogP contribution in [0.4, 0.5) is 5.69 Å². The molecule has 1 amide bonds. The number of benzene rings is 2. The van der Waals surface area contributed by atoms with Crippen LogP contribution < -0.4 is 20.3 Å². The van der Waals surface area contributed by atoms with Crippen LogP contribution in [0.1, 0.15) is 24.0 Å². The maximum absolute atomic E-state index is 12.8. The molecule has 0 spiro atoms. The summed E-state index contributed by atoms with van der Waals surface area (Å²) in [7, 11) is 5.91. The summed E-state index contributed by atoms with van der Waals surface area (Å²) in [5.41, 5.74) is 2.90. The maximum Gasteiger partial charge on any atom is 0.235 e. The van der Waals surface area contributed by atoms with E-state index in [1.54, 1.807) is 6.07 Å². The van der Waals surface area contributed by atoms with E-state index in [2.05, 4.69) is 5.32 Å². The van der Waals surface area contributed by atoms with Crippen LogP contribution in [0, 0.1) is 6.92 Å². The van der Waals surface area contributed by atoms with Gasteiger partial charge in [-0.05, 0) is 49.6 Å². The summed E-state index contributed by atoms with van der Waals surface area (Å²) in [5, 5.41) is 2.99. The van der Waals surface area contributed by atoms with Crippen molar-refractivity contribution in [3.05, 3.63) is 47.5 Å². The molecule has 0 aromatic heterocycles. The molecule has 0 bridgehead atoms. The topological polar surface area (TPSA) is 47.6 Å². The number of carbonyl (C=O) groups is 1. The van der Waals surface area contributed by atoms with E-state index in [4.69, 9.17) is 17.3 Å². The van der Waals surface area contributed by atoms with E-state index < -0.39 is 5.41 Å². The Kier molecular flexibility index (Phi) is 3.11. The lowest BCUT2D eigenvalue weighted by atomic mass is 9.90. The van der Waals surface area contributed by atoms with Crippen molar-refractivity contribution in [3.63, 3.8) is 0 Å². The highest BCUT2D eigenvalue weighted by Gasteiger charge is 2.51. The van der Waals surface area contributed by atoms with Gasteiger partial charge in [-0.2, -0.15) is 0 Å². The van der Waals surface area contributed by atoms with Crippen molar-refractivity contribution in [1.82, 2.24) is 0 Å². The molecule has 23 heavy (non-hydrogen) atoms. The van der Waals surface area contributed by atoms with Crippen molar-refractivity contribution in [3.8, 4) is 11.5 Å². The second kappa shape index (κ2) is 5.05. The van der Waals surface area contributed by atoms with Gasteiger partial charge in [-0.3, -0.25) is 4.79 Å². The fourth-order valence-corrected chi connectivity index (χ4v) is 2.94. The molecule has 0 unspecified atom stereocenters. The van der Waals surface area contributed by atoms with Crippen molar-refractivity contribution >= 4 is 24.9 Å². The summed E-state index contributed by atoms with van der Waals surface area (Å²) in [6.07, 6.45) is 1.67. The monoisotopic (exact) mass is 305 g/mol. The molecule has 0 atom stereocenters. The SMILES string of the molecule is [B]c1cc(NC(=O)C2(c3ccc4c(c3)OCO4)CC2)ccc1C. The zero-order valence-electron chi connectivity index (χ0n) is 12.9. The van der Waals surface area contributed by atoms with E-state index in [9.17, 15) is 4.79 Å². The number of aryl methyl sites for hydroxylation is 1. The molecular formula is C18H16BNO3. The minimum Gasteiger partial charge on any atom is -0.454 e. The highest BCUT2D eigenvalue weighted by Crippen LogP contribution is 2.51. The molecule has 114 valence electrons. The van der Waals surface area contributed by atoms with Crippen LogP contribution in [-0.4, -0.2) is 20.5 Å². The van der Waals surface area contributed by atoms with Crippen molar-refractivity contribution < 1.29 is 14.3 Å². The van der Waals surface area contributed by atoms with Crippen molar-refractivity contribution in [1.29, 1.82) is 0 Å². The molecular weight excluding hydrogens is 289 g/mol. The Morgan fingerprint density at radius 2 is 1.91 bits per heavy atom. The molecule has 2 aromatic rings. The van der Waals surface area contributed by atoms with E-state index in [0.29, 0.717) is 11.2 Å². The Hall–Kier alpha value is -2.43. The van der Waals surface area contributed by atoms with E-state index >= 15 is 0 Å². The lowest BCUT2D eigenvalue weighted by molar-refractivity contribution is -0.118. The minimum absolute atomic E-state index is 0.000353. The van der Waals surface area contributed by atoms with Crippen molar-refractivity contribution in [2.24, 2.45) is 0 Å². The molecule has 1 fully saturated rings. The Bertz CT molecular complexity index is 799. The molecule has 2 aliphatic rings. The van der Waals surface area contributed by atoms with Crippen LogP contribution in [-0.2, 0) is 10.2 Å². The lowest BCUT2D eigenvalue weighted by Gasteiger charge is -2.17. The molecule has 0 saturated heterocycles. The van der Waals surface area contributed by atoms with Gasteiger partial charge in [0.05, 0.1) is 5.41 Å². The Morgan fingerprint density at radius 3 is 2.65 bits per heavy atom. The molecule has 1 saturated carbocycles. The van der Waals surface area contributed by atoms with Crippen molar-refractivity contribution in [2.75, 3.05) is 12.1 Å². The number of fused-ring (bicyclic) bond motifs is 1. The number of rotatable bonds is 3. The molecule has 1 aliphatic carbocycles. The van der Waals surface area contributed by atoms with Crippen LogP contribution in [0.15, 0.2) is 36.4 Å². The highest BCUT2D eigenvalue weighted by molar-refractivity contribution is 6.33. The summed E-state index contributed by atoms with van der Waals surface area (Å²) in [4.78, 5) is 12.8. The molecule has 2 aromatic carbocycles. The second-order valence-corrected chi connectivity index (χ2v) is 6.18. The first-order valence-corrected chi connectivity index (χ1v) is 7.66. The van der Waals surface area contributed by atoms with Crippen LogP contribution in [0.5, 0.6) is 11.5 Å². The van der Waals surface area contributed by atoms with Crippen LogP contribution in [0.3, 0.4) is 0 Å². The third-order valence-electron chi connectivity index (χ3n) is 4.65. The molecule has 5 heteroatoms. The summed E-state index contributed by atoms with van der Waals surface area (Å²) in [6, 6.07) is 11.3. The molecule has 4 rings (SSSR count). The van der Waals surface area contributed by atoms with Crippen molar-refractivity contribution in [2.45, 2.75) is 25.2 Å². The Morgan fingerprint density at radius 1 is 1.13 bits per heavy atom. The lowest BCUT2D eigenvalue weighted by Crippen LogP contribution is -2.28. The Labute approximate surface area is 136 Å². The first kappa shape index (κ1) is 14.2. The number of ether oxygens (including phenoxy) is 2. The predicted molar refractivity (Wildman–Crippen MR) is 88.7 cm³/mol. The number of hydrogen-bond acceptors (Lipinski definition) is 3. The van der Waals surface area contributed by atoms with Crippen LogP contribution in [0.25, 0.3) is 0 Å². The highest BCUT2D eigenvalue weighted by atomic mass is 16.7. The summed E-state index contributed by atoms with van der Waals surface area (Å²) < 4.78 is 10.7. The van der Waals surface area contributed by atoms with Gasteiger partial charge in [-0.15, -0.1) is 0 Å². The quantitative estimate of drug-likeness (QED) is 0.884. The fourth-order valence-electron chi connectivity index (χ4n) is 2.94. The fraction of sp³-hybridized carbons (Fsp3) is 0.278. The summed E-state index contributed by atoms with van der Waals surface area (Å²) >= 11 is 0. The van der Waals surface area contributed by atoms with Crippen LogP contribution in [0.2, 0.25) is 0 Å². The summed E-state index contributed by atoms with van der Waals surface area (Å²) in [5.74, 6) is 1.44. The normalized spacial score (nSPS) is 16.9. The minimum atomic E-state index is -0.472. The van der Waals surface area contributed by atoms with E-state index in [1.807, 2.05) is 37.3 Å². The maximum atomic E-state index is 12.8. The number of carbonyl (C=O) groups excluding carboxylic acids is 1. The van der Waals surface area contributed by atoms with Gasteiger partial charge in [-0.25, -0.2) is 0 Å². The van der Waals surface area contributed by atoms with E-state index in [-0.39, 0.29) is 12.7 Å². The largest absolute Gasteiger partial charge is 0.454 e. The van der Waals surface area contributed by atoms with E-state index in [0.717, 1.165) is 35.4 Å². The first-order valence-electron chi connectivity index (χ1n) is 7.66. The average molecular weight is 305 g/mol. The van der Waals surface area contributed by atoms with Gasteiger partial charge in [0.15, 0.2) is 11.5 Å². The van der Waals surface area contributed by atoms with Gasteiger partial charge >= 0.3 is 0 Å². The standard InChI is InChI=1S/C18H16BNO3/c1-11-2-4-13(9-14(11)19)20-17(21)18(6-7-18)12-3-5-15-16(8-12)23-10-22-15/h2-5,8-9H,6-7,10H2,1H3,(H,20,21). The first-order chi connectivity index (χ1) is 11.1. The van der Waals surface area contributed by atoms with Gasteiger partial charge in [-0.1, -0.05) is 23.2 Å². The number of amides is 1. The molecule has 1 aliphatic heterocycles. The van der Waals surface area contributed by atoms with Gasteiger partial charge in [0.25, 0.3) is 0 Å². The Balaban J connectivity index is 1.59. The van der Waals surface area contributed by atoms with Gasteiger partial charge in [0.2, 0.25) is 12.7 Å². The number of hydrogen-bond donors (Lipinski definition) is 1. The van der Waals surface area contributed by atoms with E-state index in [1.165, 1.54) is 0 Å². The second-order valence-electron chi connectivity index (χ2n) is 6.18. The third kappa shape index (κ3) is 2.36. The smallest absolute Gasteiger partial charge is 0.235 e. The zero-order valence-corrected chi connectivity index (χ0v) is 12.9. The average Bonchev–Trinajstić information content (AvgIpc) is 3.22. The van der Waals surface area contributed by atoms with Gasteiger partial charge < -0.3 is 14.8 Å². The number of nitrogens with one attached hydrogen (secondary N) is 1. The molecule has 2 radical (unpaired) electrons. The predicted octanol–water partition coefficient (Wildman–Crippen LogP) is 2.19. The zero-order chi connectivity index (χ0) is 16.0. The number of anilines is 1. The molecule has 1 heterocycles. The molecule has 1 N–H and O–H groups in total. The third-order valence-corrected chi connectivity index (χ3v) is 4.65. The summed E-state index contributed by atoms with van der Waals surface area (Å²) in [6.45, 7) is 2.18.